The fourth-order valence-corrected chi connectivity index (χ4v) is 1.65. The van der Waals surface area contributed by atoms with Gasteiger partial charge >= 0.3 is 0 Å². The molecular formula is C13H17N5. The molecule has 94 valence electrons. The zero-order valence-electron chi connectivity index (χ0n) is 10.7. The van der Waals surface area contributed by atoms with Crippen LogP contribution in [0.5, 0.6) is 0 Å². The van der Waals surface area contributed by atoms with Crippen LogP contribution in [0.3, 0.4) is 0 Å². The molecule has 0 spiro atoms. The number of anilines is 1. The maximum absolute atomic E-state index is 5.51. The summed E-state index contributed by atoms with van der Waals surface area (Å²) in [5, 5.41) is 0. The predicted molar refractivity (Wildman–Crippen MR) is 71.0 cm³/mol. The van der Waals surface area contributed by atoms with Crippen molar-refractivity contribution in [2.75, 3.05) is 11.9 Å². The largest absolute Gasteiger partial charge is 0.338 e. The number of aromatic nitrogens is 3. The third-order valence-electron chi connectivity index (χ3n) is 2.61. The summed E-state index contributed by atoms with van der Waals surface area (Å²) < 4.78 is 0. The molecule has 2 rings (SSSR count). The molecule has 0 bridgehead atoms. The van der Waals surface area contributed by atoms with E-state index in [1.807, 2.05) is 37.1 Å². The Labute approximate surface area is 107 Å². The molecule has 0 unspecified atom stereocenters. The van der Waals surface area contributed by atoms with Crippen LogP contribution in [0.2, 0.25) is 0 Å². The normalized spacial score (nSPS) is 10.4. The summed E-state index contributed by atoms with van der Waals surface area (Å²) >= 11 is 0. The predicted octanol–water partition coefficient (Wildman–Crippen LogP) is 1.28. The minimum atomic E-state index is 0.462. The molecule has 0 atom stereocenters. The smallest absolute Gasteiger partial charge is 0.225 e. The standard InChI is InChI=1S/C13H17N5/c1-10-4-3-5-12(17-10)9-18(2)13-15-7-11(6-14)8-16-13/h3-5,7-8H,6,9,14H2,1-2H3. The Morgan fingerprint density at radius 3 is 2.56 bits per heavy atom. The van der Waals surface area contributed by atoms with Gasteiger partial charge in [0.15, 0.2) is 0 Å². The van der Waals surface area contributed by atoms with Crippen LogP contribution in [0.25, 0.3) is 0 Å². The maximum Gasteiger partial charge on any atom is 0.225 e. The first-order valence-corrected chi connectivity index (χ1v) is 5.83. The summed E-state index contributed by atoms with van der Waals surface area (Å²) in [4.78, 5) is 15.0. The number of hydrogen-bond donors (Lipinski definition) is 1. The molecule has 0 aromatic carbocycles. The Morgan fingerprint density at radius 1 is 1.22 bits per heavy atom. The van der Waals surface area contributed by atoms with Crippen LogP contribution in [0, 0.1) is 6.92 Å². The second-order valence-corrected chi connectivity index (χ2v) is 4.22. The number of pyridine rings is 1. The van der Waals surface area contributed by atoms with E-state index in [1.54, 1.807) is 12.4 Å². The second kappa shape index (κ2) is 5.55. The molecule has 0 saturated carbocycles. The zero-order valence-corrected chi connectivity index (χ0v) is 10.7. The number of aryl methyl sites for hydroxylation is 1. The minimum Gasteiger partial charge on any atom is -0.338 e. The van der Waals surface area contributed by atoms with Crippen molar-refractivity contribution in [3.8, 4) is 0 Å². The van der Waals surface area contributed by atoms with E-state index >= 15 is 0 Å². The topological polar surface area (TPSA) is 67.9 Å². The zero-order chi connectivity index (χ0) is 13.0. The van der Waals surface area contributed by atoms with Gasteiger partial charge in [-0.25, -0.2) is 9.97 Å². The van der Waals surface area contributed by atoms with E-state index in [4.69, 9.17) is 5.73 Å². The van der Waals surface area contributed by atoms with Gasteiger partial charge in [0.05, 0.1) is 12.2 Å². The molecule has 0 fully saturated rings. The van der Waals surface area contributed by atoms with Gasteiger partial charge < -0.3 is 10.6 Å². The van der Waals surface area contributed by atoms with Crippen molar-refractivity contribution in [3.05, 3.63) is 47.5 Å². The lowest BCUT2D eigenvalue weighted by Crippen LogP contribution is -2.20. The third-order valence-corrected chi connectivity index (χ3v) is 2.61. The molecule has 0 aliphatic heterocycles. The lowest BCUT2D eigenvalue weighted by molar-refractivity contribution is 0.830. The SMILES string of the molecule is Cc1cccc(CN(C)c2ncc(CN)cn2)n1. The van der Waals surface area contributed by atoms with Gasteiger partial charge in [-0.05, 0) is 19.1 Å². The maximum atomic E-state index is 5.51. The minimum absolute atomic E-state index is 0.462. The summed E-state index contributed by atoms with van der Waals surface area (Å²) in [6, 6.07) is 5.98. The highest BCUT2D eigenvalue weighted by Crippen LogP contribution is 2.09. The van der Waals surface area contributed by atoms with Crippen LogP contribution in [-0.2, 0) is 13.1 Å². The van der Waals surface area contributed by atoms with Gasteiger partial charge in [0, 0.05) is 37.2 Å². The molecule has 2 N–H and O–H groups in total. The number of rotatable bonds is 4. The molecule has 5 heteroatoms. The van der Waals surface area contributed by atoms with E-state index in [0.29, 0.717) is 19.0 Å². The quantitative estimate of drug-likeness (QED) is 0.876. The Hall–Kier alpha value is -2.01. The Morgan fingerprint density at radius 2 is 1.94 bits per heavy atom. The second-order valence-electron chi connectivity index (χ2n) is 4.22. The first kappa shape index (κ1) is 12.4. The van der Waals surface area contributed by atoms with E-state index in [9.17, 15) is 0 Å². The van der Waals surface area contributed by atoms with Crippen molar-refractivity contribution in [2.24, 2.45) is 5.73 Å². The highest BCUT2D eigenvalue weighted by atomic mass is 15.2. The van der Waals surface area contributed by atoms with Gasteiger partial charge in [-0.3, -0.25) is 4.98 Å². The van der Waals surface area contributed by atoms with Crippen molar-refractivity contribution in [2.45, 2.75) is 20.0 Å². The van der Waals surface area contributed by atoms with Crippen LogP contribution >= 0.6 is 0 Å². The highest BCUT2D eigenvalue weighted by Gasteiger charge is 2.06. The van der Waals surface area contributed by atoms with Crippen LogP contribution in [0.4, 0.5) is 5.95 Å². The molecule has 0 saturated heterocycles. The van der Waals surface area contributed by atoms with E-state index in [0.717, 1.165) is 17.0 Å². The van der Waals surface area contributed by atoms with Crippen LogP contribution in [-0.4, -0.2) is 22.0 Å². The monoisotopic (exact) mass is 243 g/mol. The van der Waals surface area contributed by atoms with Crippen LogP contribution < -0.4 is 10.6 Å². The molecule has 0 radical (unpaired) electrons. The molecule has 2 aromatic heterocycles. The van der Waals surface area contributed by atoms with Crippen molar-refractivity contribution >= 4 is 5.95 Å². The molecule has 2 heterocycles. The first-order chi connectivity index (χ1) is 8.69. The average Bonchev–Trinajstić information content (AvgIpc) is 2.39. The summed E-state index contributed by atoms with van der Waals surface area (Å²) in [6.07, 6.45) is 3.50. The average molecular weight is 243 g/mol. The van der Waals surface area contributed by atoms with E-state index < -0.39 is 0 Å². The fourth-order valence-electron chi connectivity index (χ4n) is 1.65. The van der Waals surface area contributed by atoms with Gasteiger partial charge in [0.1, 0.15) is 0 Å². The molecule has 0 aliphatic carbocycles. The fraction of sp³-hybridized carbons (Fsp3) is 0.308. The summed E-state index contributed by atoms with van der Waals surface area (Å²) in [6.45, 7) is 3.13. The van der Waals surface area contributed by atoms with Gasteiger partial charge in [0.25, 0.3) is 0 Å². The van der Waals surface area contributed by atoms with E-state index in [2.05, 4.69) is 15.0 Å². The third kappa shape index (κ3) is 3.01. The molecule has 2 aromatic rings. The van der Waals surface area contributed by atoms with Gasteiger partial charge in [-0.1, -0.05) is 6.07 Å². The molecule has 0 aliphatic rings. The molecule has 18 heavy (non-hydrogen) atoms. The lowest BCUT2D eigenvalue weighted by atomic mass is 10.3. The van der Waals surface area contributed by atoms with Crippen molar-refractivity contribution in [1.29, 1.82) is 0 Å². The number of hydrogen-bond acceptors (Lipinski definition) is 5. The Bertz CT molecular complexity index is 509. The lowest BCUT2D eigenvalue weighted by Gasteiger charge is -2.16. The first-order valence-electron chi connectivity index (χ1n) is 5.83. The molecule has 5 nitrogen and oxygen atoms in total. The van der Waals surface area contributed by atoms with Gasteiger partial charge in [-0.15, -0.1) is 0 Å². The van der Waals surface area contributed by atoms with Crippen LogP contribution in [0.1, 0.15) is 17.0 Å². The van der Waals surface area contributed by atoms with Crippen LogP contribution in [0.15, 0.2) is 30.6 Å². The van der Waals surface area contributed by atoms with Crippen molar-refractivity contribution < 1.29 is 0 Å². The number of nitrogens with two attached hydrogens (primary N) is 1. The summed E-state index contributed by atoms with van der Waals surface area (Å²) in [5.41, 5.74) is 8.46. The van der Waals surface area contributed by atoms with Crippen molar-refractivity contribution in [1.82, 2.24) is 15.0 Å². The summed E-state index contributed by atoms with van der Waals surface area (Å²) in [7, 11) is 1.95. The molecular weight excluding hydrogens is 226 g/mol. The summed E-state index contributed by atoms with van der Waals surface area (Å²) in [5.74, 6) is 0.676. The van der Waals surface area contributed by atoms with Gasteiger partial charge in [-0.2, -0.15) is 0 Å². The Balaban J connectivity index is 2.09. The van der Waals surface area contributed by atoms with Crippen molar-refractivity contribution in [3.63, 3.8) is 0 Å². The highest BCUT2D eigenvalue weighted by molar-refractivity contribution is 5.29. The molecule has 0 amide bonds. The number of nitrogens with zero attached hydrogens (tertiary/aromatic N) is 4. The van der Waals surface area contributed by atoms with Gasteiger partial charge in [0.2, 0.25) is 5.95 Å². The van der Waals surface area contributed by atoms with E-state index in [-0.39, 0.29) is 0 Å². The Kier molecular flexibility index (Phi) is 3.84. The van der Waals surface area contributed by atoms with E-state index in [1.165, 1.54) is 0 Å².